The number of thiophene rings is 2. The average molecular weight is 358 g/mol. The Bertz CT molecular complexity index is 1030. The SMILES string of the molecule is Cc1nc2ccccc2c2sc3cc(N4CCOCC4)sc3c12.O. The fourth-order valence-electron chi connectivity index (χ4n) is 3.33. The molecule has 6 heteroatoms. The quantitative estimate of drug-likeness (QED) is 0.517. The molecule has 4 aromatic rings. The number of benzene rings is 1. The highest BCUT2D eigenvalue weighted by Crippen LogP contribution is 2.45. The molecule has 1 saturated heterocycles. The maximum Gasteiger partial charge on any atom is 0.0931 e. The molecule has 124 valence electrons. The number of hydrogen-bond acceptors (Lipinski definition) is 5. The van der Waals surface area contributed by atoms with Crippen LogP contribution in [0.25, 0.3) is 30.4 Å². The van der Waals surface area contributed by atoms with Gasteiger partial charge in [0.1, 0.15) is 0 Å². The lowest BCUT2D eigenvalue weighted by Crippen LogP contribution is -2.35. The van der Waals surface area contributed by atoms with Crippen molar-refractivity contribution in [2.24, 2.45) is 0 Å². The topological polar surface area (TPSA) is 56.9 Å². The predicted molar refractivity (Wildman–Crippen MR) is 104 cm³/mol. The van der Waals surface area contributed by atoms with Gasteiger partial charge in [-0.3, -0.25) is 4.98 Å². The number of aryl methyl sites for hydroxylation is 1. The second-order valence-electron chi connectivity index (χ2n) is 5.90. The van der Waals surface area contributed by atoms with E-state index in [1.807, 2.05) is 22.7 Å². The third-order valence-electron chi connectivity index (χ3n) is 4.47. The fraction of sp³-hybridized carbons (Fsp3) is 0.278. The average Bonchev–Trinajstić information content (AvgIpc) is 3.14. The minimum absolute atomic E-state index is 0. The number of rotatable bonds is 1. The van der Waals surface area contributed by atoms with Crippen LogP contribution >= 0.6 is 22.7 Å². The van der Waals surface area contributed by atoms with Gasteiger partial charge < -0.3 is 15.1 Å². The summed E-state index contributed by atoms with van der Waals surface area (Å²) in [6, 6.07) is 10.8. The van der Waals surface area contributed by atoms with E-state index in [0.29, 0.717) is 0 Å². The molecule has 0 atom stereocenters. The third kappa shape index (κ3) is 2.29. The maximum absolute atomic E-state index is 5.47. The lowest BCUT2D eigenvalue weighted by molar-refractivity contribution is 0.123. The molecule has 0 spiro atoms. The second-order valence-corrected chi connectivity index (χ2v) is 7.98. The van der Waals surface area contributed by atoms with Crippen LogP contribution in [0.15, 0.2) is 30.3 Å². The van der Waals surface area contributed by atoms with Gasteiger partial charge in [-0.2, -0.15) is 0 Å². The van der Waals surface area contributed by atoms with Gasteiger partial charge in [-0.15, -0.1) is 22.7 Å². The first kappa shape index (κ1) is 15.8. The van der Waals surface area contributed by atoms with Gasteiger partial charge >= 0.3 is 0 Å². The second kappa shape index (κ2) is 5.97. The number of fused-ring (bicyclic) bond motifs is 5. The van der Waals surface area contributed by atoms with Crippen molar-refractivity contribution in [1.82, 2.24) is 4.98 Å². The Labute approximate surface area is 147 Å². The number of hydrogen-bond donors (Lipinski definition) is 0. The predicted octanol–water partition coefficient (Wildman–Crippen LogP) is 3.98. The summed E-state index contributed by atoms with van der Waals surface area (Å²) in [6.45, 7) is 5.78. The molecule has 3 aromatic heterocycles. The summed E-state index contributed by atoms with van der Waals surface area (Å²) in [5.41, 5.74) is 2.24. The molecule has 0 unspecified atom stereocenters. The van der Waals surface area contributed by atoms with E-state index in [-0.39, 0.29) is 5.48 Å². The van der Waals surface area contributed by atoms with Gasteiger partial charge in [0.15, 0.2) is 0 Å². The molecular weight excluding hydrogens is 340 g/mol. The van der Waals surface area contributed by atoms with E-state index in [1.54, 1.807) is 0 Å². The molecule has 1 aromatic carbocycles. The summed E-state index contributed by atoms with van der Waals surface area (Å²) >= 11 is 3.81. The Balaban J connectivity index is 0.00000146. The van der Waals surface area contributed by atoms with E-state index in [0.717, 1.165) is 37.5 Å². The van der Waals surface area contributed by atoms with Gasteiger partial charge in [-0.25, -0.2) is 0 Å². The molecule has 0 aliphatic carbocycles. The monoisotopic (exact) mass is 358 g/mol. The molecule has 1 fully saturated rings. The zero-order chi connectivity index (χ0) is 15.4. The Morgan fingerprint density at radius 2 is 1.88 bits per heavy atom. The molecule has 24 heavy (non-hydrogen) atoms. The van der Waals surface area contributed by atoms with Crippen LogP contribution in [-0.4, -0.2) is 36.8 Å². The zero-order valence-corrected chi connectivity index (χ0v) is 15.0. The van der Waals surface area contributed by atoms with Crippen LogP contribution in [0.3, 0.4) is 0 Å². The number of anilines is 1. The van der Waals surface area contributed by atoms with E-state index >= 15 is 0 Å². The van der Waals surface area contributed by atoms with Crippen LogP contribution < -0.4 is 4.90 Å². The number of aromatic nitrogens is 1. The van der Waals surface area contributed by atoms with Crippen molar-refractivity contribution < 1.29 is 10.2 Å². The third-order valence-corrected chi connectivity index (χ3v) is 6.99. The van der Waals surface area contributed by atoms with Crippen LogP contribution in [0.4, 0.5) is 5.00 Å². The van der Waals surface area contributed by atoms with Crippen molar-refractivity contribution in [1.29, 1.82) is 0 Å². The summed E-state index contributed by atoms with van der Waals surface area (Å²) in [6.07, 6.45) is 0. The molecule has 4 heterocycles. The maximum atomic E-state index is 5.47. The van der Waals surface area contributed by atoms with Crippen LogP contribution in [0.2, 0.25) is 0 Å². The highest BCUT2D eigenvalue weighted by Gasteiger charge is 2.18. The lowest BCUT2D eigenvalue weighted by atomic mass is 10.1. The molecule has 1 aliphatic heterocycles. The molecule has 2 N–H and O–H groups in total. The Kier molecular flexibility index (Phi) is 3.92. The largest absolute Gasteiger partial charge is 0.412 e. The smallest absolute Gasteiger partial charge is 0.0931 e. The number of morpholine rings is 1. The Morgan fingerprint density at radius 3 is 2.71 bits per heavy atom. The first-order chi connectivity index (χ1) is 11.3. The first-order valence-corrected chi connectivity index (χ1v) is 9.48. The summed E-state index contributed by atoms with van der Waals surface area (Å²) in [7, 11) is 0. The molecule has 4 nitrogen and oxygen atoms in total. The molecular formula is C18H18N2O2S2. The minimum Gasteiger partial charge on any atom is -0.412 e. The highest BCUT2D eigenvalue weighted by atomic mass is 32.1. The van der Waals surface area contributed by atoms with Crippen LogP contribution in [-0.2, 0) is 4.74 Å². The van der Waals surface area contributed by atoms with Gasteiger partial charge in [0.25, 0.3) is 0 Å². The van der Waals surface area contributed by atoms with Gasteiger partial charge in [0.05, 0.1) is 28.4 Å². The van der Waals surface area contributed by atoms with Crippen LogP contribution in [0.1, 0.15) is 5.69 Å². The fourth-order valence-corrected chi connectivity index (χ4v) is 6.15. The van der Waals surface area contributed by atoms with Crippen molar-refractivity contribution in [2.45, 2.75) is 6.92 Å². The molecule has 1 aliphatic rings. The number of nitrogens with zero attached hydrogens (tertiary/aromatic N) is 2. The summed E-state index contributed by atoms with van der Waals surface area (Å²) in [5.74, 6) is 0. The van der Waals surface area contributed by atoms with Crippen molar-refractivity contribution >= 4 is 58.1 Å². The van der Waals surface area contributed by atoms with Crippen molar-refractivity contribution in [3.63, 3.8) is 0 Å². The summed E-state index contributed by atoms with van der Waals surface area (Å²) < 4.78 is 9.62. The van der Waals surface area contributed by atoms with Gasteiger partial charge in [0, 0.05) is 39.0 Å². The first-order valence-electron chi connectivity index (χ1n) is 7.85. The molecule has 5 rings (SSSR count). The molecule has 0 bridgehead atoms. The van der Waals surface area contributed by atoms with Gasteiger partial charge in [-0.1, -0.05) is 18.2 Å². The van der Waals surface area contributed by atoms with E-state index < -0.39 is 0 Å². The van der Waals surface area contributed by atoms with E-state index in [1.165, 1.54) is 29.9 Å². The van der Waals surface area contributed by atoms with E-state index in [9.17, 15) is 0 Å². The number of ether oxygens (including phenoxy) is 1. The Hall–Kier alpha value is -1.73. The zero-order valence-electron chi connectivity index (χ0n) is 13.3. The van der Waals surface area contributed by atoms with Crippen molar-refractivity contribution in [3.8, 4) is 0 Å². The number of para-hydroxylation sites is 1. The summed E-state index contributed by atoms with van der Waals surface area (Å²) in [5, 5.41) is 3.98. The van der Waals surface area contributed by atoms with Crippen LogP contribution in [0, 0.1) is 6.92 Å². The van der Waals surface area contributed by atoms with E-state index in [4.69, 9.17) is 9.72 Å². The standard InChI is InChI=1S/C18H16N2OS2.H2O/c1-11-16-17(12-4-2-3-5-13(12)19-11)22-14-10-15(23-18(14)16)20-6-8-21-9-7-20;/h2-5,10H,6-9H2,1H3;1H2. The molecule has 0 saturated carbocycles. The molecule has 0 radical (unpaired) electrons. The van der Waals surface area contributed by atoms with Crippen LogP contribution in [0.5, 0.6) is 0 Å². The lowest BCUT2D eigenvalue weighted by Gasteiger charge is -2.27. The highest BCUT2D eigenvalue weighted by molar-refractivity contribution is 7.34. The van der Waals surface area contributed by atoms with E-state index in [2.05, 4.69) is 42.2 Å². The van der Waals surface area contributed by atoms with Crippen molar-refractivity contribution in [2.75, 3.05) is 31.2 Å². The summed E-state index contributed by atoms with van der Waals surface area (Å²) in [4.78, 5) is 7.27. The minimum atomic E-state index is 0. The molecule has 0 amide bonds. The van der Waals surface area contributed by atoms with Crippen molar-refractivity contribution in [3.05, 3.63) is 36.0 Å². The van der Waals surface area contributed by atoms with Gasteiger partial charge in [0.2, 0.25) is 0 Å². The normalized spacial score (nSPS) is 15.3. The Morgan fingerprint density at radius 1 is 1.08 bits per heavy atom. The van der Waals surface area contributed by atoms with Gasteiger partial charge in [-0.05, 0) is 19.1 Å². The number of pyridine rings is 1.